The van der Waals surface area contributed by atoms with E-state index in [4.69, 9.17) is 0 Å². The van der Waals surface area contributed by atoms with Crippen LogP contribution in [0.1, 0.15) is 53.6 Å². The third-order valence-electron chi connectivity index (χ3n) is 6.73. The van der Waals surface area contributed by atoms with Gasteiger partial charge in [-0.1, -0.05) is 74.5 Å². The first kappa shape index (κ1) is 26.5. The summed E-state index contributed by atoms with van der Waals surface area (Å²) < 4.78 is 0. The molecule has 3 aromatic rings. The molecule has 2 heterocycles. The SMILES string of the molecule is Cc1cnc(C(=O)N(CCC(=O)N2CCN(C(c3ccccc3)c3ccccc3)CC2)CC(C)C)cn1. The van der Waals surface area contributed by atoms with Gasteiger partial charge in [0.25, 0.3) is 5.91 Å². The van der Waals surface area contributed by atoms with Crippen molar-refractivity contribution in [3.8, 4) is 0 Å². The van der Waals surface area contributed by atoms with Crippen LogP contribution in [0.3, 0.4) is 0 Å². The van der Waals surface area contributed by atoms with Gasteiger partial charge in [0, 0.05) is 51.9 Å². The van der Waals surface area contributed by atoms with Gasteiger partial charge in [0.1, 0.15) is 5.69 Å². The first-order chi connectivity index (χ1) is 17.9. The Labute approximate surface area is 220 Å². The third kappa shape index (κ3) is 7.01. The Morgan fingerprint density at radius 3 is 1.97 bits per heavy atom. The molecule has 7 heteroatoms. The van der Waals surface area contributed by atoms with Crippen molar-refractivity contribution >= 4 is 11.8 Å². The zero-order valence-corrected chi connectivity index (χ0v) is 22.1. The van der Waals surface area contributed by atoms with Crippen molar-refractivity contribution in [2.24, 2.45) is 5.92 Å². The highest BCUT2D eigenvalue weighted by atomic mass is 16.2. The molecule has 37 heavy (non-hydrogen) atoms. The van der Waals surface area contributed by atoms with Gasteiger partial charge >= 0.3 is 0 Å². The van der Waals surface area contributed by atoms with Crippen molar-refractivity contribution in [3.63, 3.8) is 0 Å². The molecule has 0 unspecified atom stereocenters. The minimum Gasteiger partial charge on any atom is -0.340 e. The van der Waals surface area contributed by atoms with Crippen LogP contribution in [-0.4, -0.2) is 75.8 Å². The summed E-state index contributed by atoms with van der Waals surface area (Å²) in [5.74, 6) is 0.202. The molecule has 1 aliphatic rings. The summed E-state index contributed by atoms with van der Waals surface area (Å²) in [5.41, 5.74) is 3.61. The number of amides is 2. The zero-order valence-electron chi connectivity index (χ0n) is 22.1. The number of rotatable bonds is 9. The predicted molar refractivity (Wildman–Crippen MR) is 145 cm³/mol. The maximum atomic E-state index is 13.2. The normalized spacial score (nSPS) is 14.2. The lowest BCUT2D eigenvalue weighted by Crippen LogP contribution is -2.50. The van der Waals surface area contributed by atoms with Crippen LogP contribution < -0.4 is 0 Å². The van der Waals surface area contributed by atoms with Gasteiger partial charge in [-0.2, -0.15) is 0 Å². The highest BCUT2D eigenvalue weighted by Crippen LogP contribution is 2.29. The number of hydrogen-bond donors (Lipinski definition) is 0. The maximum absolute atomic E-state index is 13.2. The Kier molecular flexibility index (Phi) is 9.01. The number of nitrogens with zero attached hydrogens (tertiary/aromatic N) is 5. The highest BCUT2D eigenvalue weighted by Gasteiger charge is 2.28. The van der Waals surface area contributed by atoms with E-state index in [2.05, 4.69) is 77.2 Å². The van der Waals surface area contributed by atoms with E-state index in [-0.39, 0.29) is 23.8 Å². The summed E-state index contributed by atoms with van der Waals surface area (Å²) in [6.07, 6.45) is 3.42. The summed E-state index contributed by atoms with van der Waals surface area (Å²) in [4.78, 5) is 40.8. The molecular formula is C30H37N5O2. The van der Waals surface area contributed by atoms with Crippen LogP contribution >= 0.6 is 0 Å². The molecule has 0 N–H and O–H groups in total. The monoisotopic (exact) mass is 499 g/mol. The van der Waals surface area contributed by atoms with Crippen LogP contribution in [-0.2, 0) is 4.79 Å². The molecule has 0 radical (unpaired) electrons. The van der Waals surface area contributed by atoms with E-state index in [1.54, 1.807) is 11.1 Å². The van der Waals surface area contributed by atoms with Crippen LogP contribution in [0.2, 0.25) is 0 Å². The molecular weight excluding hydrogens is 462 g/mol. The standard InChI is InChI=1S/C30H37N5O2/c1-23(2)22-35(30(37)27-21-31-24(3)20-32-27)15-14-28(36)33-16-18-34(19-17-33)29(25-10-6-4-7-11-25)26-12-8-5-9-13-26/h4-13,20-21,23,29H,14-19,22H2,1-3H3. The number of benzene rings is 2. The number of carbonyl (C=O) groups excluding carboxylic acids is 2. The van der Waals surface area contributed by atoms with Gasteiger partial charge in [-0.25, -0.2) is 4.98 Å². The maximum Gasteiger partial charge on any atom is 0.274 e. The van der Waals surface area contributed by atoms with Gasteiger partial charge in [-0.3, -0.25) is 19.5 Å². The topological polar surface area (TPSA) is 69.6 Å². The van der Waals surface area contributed by atoms with Crippen LogP contribution in [0.5, 0.6) is 0 Å². The van der Waals surface area contributed by atoms with Gasteiger partial charge < -0.3 is 9.80 Å². The molecule has 0 bridgehead atoms. The first-order valence-electron chi connectivity index (χ1n) is 13.1. The molecule has 2 aromatic carbocycles. The highest BCUT2D eigenvalue weighted by molar-refractivity contribution is 5.92. The van der Waals surface area contributed by atoms with E-state index < -0.39 is 0 Å². The largest absolute Gasteiger partial charge is 0.340 e. The van der Waals surface area contributed by atoms with Gasteiger partial charge in [0.05, 0.1) is 17.9 Å². The molecule has 4 rings (SSSR count). The Morgan fingerprint density at radius 1 is 0.865 bits per heavy atom. The Balaban J connectivity index is 1.37. The van der Waals surface area contributed by atoms with Crippen LogP contribution in [0.15, 0.2) is 73.1 Å². The lowest BCUT2D eigenvalue weighted by molar-refractivity contribution is -0.133. The molecule has 1 saturated heterocycles. The summed E-state index contributed by atoms with van der Waals surface area (Å²) in [7, 11) is 0. The lowest BCUT2D eigenvalue weighted by atomic mass is 9.96. The lowest BCUT2D eigenvalue weighted by Gasteiger charge is -2.40. The van der Waals surface area contributed by atoms with Crippen LogP contribution in [0.4, 0.5) is 0 Å². The molecule has 1 aromatic heterocycles. The average molecular weight is 500 g/mol. The Bertz CT molecular complexity index is 1100. The quantitative estimate of drug-likeness (QED) is 0.441. The average Bonchev–Trinajstić information content (AvgIpc) is 2.92. The van der Waals surface area contributed by atoms with Crippen LogP contribution in [0.25, 0.3) is 0 Å². The van der Waals surface area contributed by atoms with E-state index in [9.17, 15) is 9.59 Å². The Hall–Kier alpha value is -3.58. The summed E-state index contributed by atoms with van der Waals surface area (Å²) in [5, 5.41) is 0. The molecule has 0 saturated carbocycles. The van der Waals surface area contributed by atoms with E-state index in [1.165, 1.54) is 17.3 Å². The van der Waals surface area contributed by atoms with Crippen molar-refractivity contribution < 1.29 is 9.59 Å². The van der Waals surface area contributed by atoms with Crippen LogP contribution in [0, 0.1) is 12.8 Å². The number of piperazine rings is 1. The summed E-state index contributed by atoms with van der Waals surface area (Å²) >= 11 is 0. The van der Waals surface area contributed by atoms with Crippen molar-refractivity contribution in [1.82, 2.24) is 24.7 Å². The van der Waals surface area contributed by atoms with Gasteiger partial charge in [-0.15, -0.1) is 0 Å². The van der Waals surface area contributed by atoms with Gasteiger partial charge in [0.15, 0.2) is 0 Å². The predicted octanol–water partition coefficient (Wildman–Crippen LogP) is 4.21. The number of aryl methyl sites for hydroxylation is 1. The van der Waals surface area contributed by atoms with E-state index >= 15 is 0 Å². The third-order valence-corrected chi connectivity index (χ3v) is 6.73. The summed E-state index contributed by atoms with van der Waals surface area (Å²) in [6, 6.07) is 21.3. The van der Waals surface area contributed by atoms with Crippen molar-refractivity contribution in [2.75, 3.05) is 39.3 Å². The van der Waals surface area contributed by atoms with Gasteiger partial charge in [-0.05, 0) is 24.0 Å². The fraction of sp³-hybridized carbons (Fsp3) is 0.400. The molecule has 1 aliphatic heterocycles. The van der Waals surface area contributed by atoms with E-state index in [0.29, 0.717) is 38.3 Å². The molecule has 0 atom stereocenters. The van der Waals surface area contributed by atoms with Crippen molar-refractivity contribution in [3.05, 3.63) is 95.6 Å². The molecule has 194 valence electrons. The van der Waals surface area contributed by atoms with E-state index in [1.807, 2.05) is 24.0 Å². The smallest absolute Gasteiger partial charge is 0.274 e. The molecule has 2 amide bonds. The fourth-order valence-corrected chi connectivity index (χ4v) is 4.88. The first-order valence-corrected chi connectivity index (χ1v) is 13.1. The van der Waals surface area contributed by atoms with E-state index in [0.717, 1.165) is 18.8 Å². The van der Waals surface area contributed by atoms with Crippen molar-refractivity contribution in [1.29, 1.82) is 0 Å². The molecule has 1 fully saturated rings. The minimum absolute atomic E-state index is 0.0900. The molecule has 0 spiro atoms. The zero-order chi connectivity index (χ0) is 26.2. The number of hydrogen-bond acceptors (Lipinski definition) is 5. The second-order valence-electron chi connectivity index (χ2n) is 10.1. The van der Waals surface area contributed by atoms with Gasteiger partial charge in [0.2, 0.25) is 5.91 Å². The summed E-state index contributed by atoms with van der Waals surface area (Å²) in [6.45, 7) is 9.88. The number of carbonyl (C=O) groups is 2. The minimum atomic E-state index is -0.174. The second kappa shape index (κ2) is 12.6. The fourth-order valence-electron chi connectivity index (χ4n) is 4.88. The second-order valence-corrected chi connectivity index (χ2v) is 10.1. The number of aromatic nitrogens is 2. The molecule has 0 aliphatic carbocycles. The molecule has 7 nitrogen and oxygen atoms in total. The van der Waals surface area contributed by atoms with Crippen molar-refractivity contribution in [2.45, 2.75) is 33.2 Å². The Morgan fingerprint density at radius 2 is 1.46 bits per heavy atom.